The lowest BCUT2D eigenvalue weighted by Crippen LogP contribution is -2.47. The van der Waals surface area contributed by atoms with Crippen molar-refractivity contribution in [1.82, 2.24) is 14.7 Å². The molecular formula is C24H31N3O3. The van der Waals surface area contributed by atoms with Gasteiger partial charge in [-0.25, -0.2) is 0 Å². The molecule has 0 unspecified atom stereocenters. The van der Waals surface area contributed by atoms with Crippen LogP contribution in [0.25, 0.3) is 0 Å². The van der Waals surface area contributed by atoms with Gasteiger partial charge in [0.25, 0.3) is 0 Å². The van der Waals surface area contributed by atoms with Crippen LogP contribution < -0.4 is 0 Å². The molecule has 0 N–H and O–H groups in total. The Kier molecular flexibility index (Phi) is 4.75. The van der Waals surface area contributed by atoms with Crippen molar-refractivity contribution < 1.29 is 14.3 Å². The van der Waals surface area contributed by atoms with E-state index in [4.69, 9.17) is 4.74 Å². The minimum atomic E-state index is -0.634. The lowest BCUT2D eigenvalue weighted by atomic mass is 9.76. The molecule has 4 aliphatic heterocycles. The van der Waals surface area contributed by atoms with E-state index in [1.54, 1.807) is 0 Å². The van der Waals surface area contributed by atoms with E-state index in [0.717, 1.165) is 38.2 Å². The molecule has 5 rings (SSSR count). The van der Waals surface area contributed by atoms with Crippen LogP contribution in [-0.2, 0) is 20.9 Å². The van der Waals surface area contributed by atoms with Crippen molar-refractivity contribution in [3.8, 4) is 0 Å². The Morgan fingerprint density at radius 3 is 2.80 bits per heavy atom. The summed E-state index contributed by atoms with van der Waals surface area (Å²) in [5.41, 5.74) is 2.97. The van der Waals surface area contributed by atoms with Crippen LogP contribution in [0.1, 0.15) is 23.1 Å². The fourth-order valence-corrected chi connectivity index (χ4v) is 5.59. The summed E-state index contributed by atoms with van der Waals surface area (Å²) in [6.45, 7) is 8.65. The van der Waals surface area contributed by atoms with E-state index in [1.165, 1.54) is 11.1 Å². The lowest BCUT2D eigenvalue weighted by Gasteiger charge is -2.29. The Bertz CT molecular complexity index is 913. The number of amides is 2. The standard InChI is InChI=1S/C24H31N3O3/c1-16-5-6-18(13-17(16)2)14-27-15-24-8-7-19(30-24)20(21(24)23(27)29)22(28)26-10-4-9-25(3)11-12-26/h5-8,13,19-21H,4,9-12,14-15H2,1-3H3/t19-,20-,21+,24-/m0/s1. The van der Waals surface area contributed by atoms with Crippen LogP contribution in [0, 0.1) is 25.7 Å². The second-order valence-electron chi connectivity index (χ2n) is 9.50. The summed E-state index contributed by atoms with van der Waals surface area (Å²) in [4.78, 5) is 33.1. The number of nitrogens with zero attached hydrogens (tertiary/aromatic N) is 3. The van der Waals surface area contributed by atoms with Gasteiger partial charge < -0.3 is 19.4 Å². The molecular weight excluding hydrogens is 378 g/mol. The minimum Gasteiger partial charge on any atom is -0.360 e. The van der Waals surface area contributed by atoms with Gasteiger partial charge in [-0.1, -0.05) is 30.4 Å². The molecule has 2 amide bonds. The minimum absolute atomic E-state index is 0.0605. The zero-order valence-corrected chi connectivity index (χ0v) is 18.1. The van der Waals surface area contributed by atoms with Crippen molar-refractivity contribution in [2.75, 3.05) is 39.8 Å². The van der Waals surface area contributed by atoms with Gasteiger partial charge >= 0.3 is 0 Å². The molecule has 4 aliphatic rings. The van der Waals surface area contributed by atoms with Gasteiger partial charge in [-0.2, -0.15) is 0 Å². The Labute approximate surface area is 178 Å². The smallest absolute Gasteiger partial charge is 0.230 e. The molecule has 2 bridgehead atoms. The molecule has 4 heterocycles. The van der Waals surface area contributed by atoms with Gasteiger partial charge in [0.05, 0.1) is 24.5 Å². The van der Waals surface area contributed by atoms with E-state index >= 15 is 0 Å². The maximum Gasteiger partial charge on any atom is 0.230 e. The average Bonchev–Trinajstić information content (AvgIpc) is 3.28. The summed E-state index contributed by atoms with van der Waals surface area (Å²) in [6, 6.07) is 6.35. The van der Waals surface area contributed by atoms with Gasteiger partial charge in [-0.15, -0.1) is 0 Å². The average molecular weight is 410 g/mol. The predicted octanol–water partition coefficient (Wildman–Crippen LogP) is 1.75. The third-order valence-electron chi connectivity index (χ3n) is 7.44. The Hall–Kier alpha value is -2.18. The number of hydrogen-bond donors (Lipinski definition) is 0. The Morgan fingerprint density at radius 2 is 2.00 bits per heavy atom. The van der Waals surface area contributed by atoms with Crippen LogP contribution >= 0.6 is 0 Å². The third kappa shape index (κ3) is 3.08. The molecule has 6 heteroatoms. The van der Waals surface area contributed by atoms with E-state index in [2.05, 4.69) is 44.0 Å². The van der Waals surface area contributed by atoms with Gasteiger partial charge in [0.2, 0.25) is 11.8 Å². The third-order valence-corrected chi connectivity index (χ3v) is 7.44. The summed E-state index contributed by atoms with van der Waals surface area (Å²) in [5.74, 6) is -0.638. The first-order valence-electron chi connectivity index (χ1n) is 11.1. The summed E-state index contributed by atoms with van der Waals surface area (Å²) in [5, 5.41) is 0. The molecule has 1 aromatic carbocycles. The number of likely N-dealkylation sites (tertiary alicyclic amines) is 1. The van der Waals surface area contributed by atoms with Crippen LogP contribution in [0.4, 0.5) is 0 Å². The monoisotopic (exact) mass is 409 g/mol. The van der Waals surface area contributed by atoms with E-state index < -0.39 is 17.4 Å². The number of carbonyl (C=O) groups is 2. The summed E-state index contributed by atoms with van der Waals surface area (Å²) in [7, 11) is 2.09. The van der Waals surface area contributed by atoms with E-state index in [0.29, 0.717) is 13.1 Å². The molecule has 0 aromatic heterocycles. The molecule has 4 atom stereocenters. The molecule has 1 spiro atoms. The van der Waals surface area contributed by atoms with Crippen molar-refractivity contribution in [2.24, 2.45) is 11.8 Å². The number of aryl methyl sites for hydroxylation is 2. The van der Waals surface area contributed by atoms with E-state index in [1.807, 2.05) is 22.0 Å². The fraction of sp³-hybridized carbons (Fsp3) is 0.583. The van der Waals surface area contributed by atoms with Crippen LogP contribution in [-0.4, -0.2) is 78.0 Å². The van der Waals surface area contributed by atoms with Crippen molar-refractivity contribution >= 4 is 11.8 Å². The number of benzene rings is 1. The molecule has 3 saturated heterocycles. The molecule has 1 aromatic rings. The van der Waals surface area contributed by atoms with Crippen LogP contribution in [0.5, 0.6) is 0 Å². The first-order valence-corrected chi connectivity index (χ1v) is 11.1. The first kappa shape index (κ1) is 19.8. The Morgan fingerprint density at radius 1 is 1.17 bits per heavy atom. The number of likely N-dealkylation sites (N-methyl/N-ethyl adjacent to an activating group) is 1. The summed E-state index contributed by atoms with van der Waals surface area (Å²) in [6.07, 6.45) is 4.76. The van der Waals surface area contributed by atoms with Crippen LogP contribution in [0.15, 0.2) is 30.4 Å². The molecule has 30 heavy (non-hydrogen) atoms. The zero-order valence-electron chi connectivity index (χ0n) is 18.1. The van der Waals surface area contributed by atoms with Crippen LogP contribution in [0.3, 0.4) is 0 Å². The van der Waals surface area contributed by atoms with Gasteiger partial charge in [0, 0.05) is 26.2 Å². The highest BCUT2D eigenvalue weighted by atomic mass is 16.5. The highest BCUT2D eigenvalue weighted by molar-refractivity contribution is 5.93. The molecule has 3 fully saturated rings. The second-order valence-corrected chi connectivity index (χ2v) is 9.50. The van der Waals surface area contributed by atoms with Gasteiger partial charge in [-0.05, 0) is 50.6 Å². The van der Waals surface area contributed by atoms with Crippen molar-refractivity contribution in [2.45, 2.75) is 38.5 Å². The summed E-state index contributed by atoms with van der Waals surface area (Å²) < 4.78 is 6.31. The summed E-state index contributed by atoms with van der Waals surface area (Å²) >= 11 is 0. The zero-order chi connectivity index (χ0) is 21.0. The largest absolute Gasteiger partial charge is 0.360 e. The van der Waals surface area contributed by atoms with Crippen molar-refractivity contribution in [3.05, 3.63) is 47.0 Å². The normalized spacial score (nSPS) is 33.3. The molecule has 0 aliphatic carbocycles. The number of carbonyl (C=O) groups excluding carboxylic acids is 2. The maximum atomic E-state index is 13.5. The number of ether oxygens (including phenoxy) is 1. The second kappa shape index (κ2) is 7.20. The lowest BCUT2D eigenvalue weighted by molar-refractivity contribution is -0.143. The quantitative estimate of drug-likeness (QED) is 0.714. The molecule has 6 nitrogen and oxygen atoms in total. The molecule has 0 radical (unpaired) electrons. The highest BCUT2D eigenvalue weighted by Crippen LogP contribution is 2.52. The highest BCUT2D eigenvalue weighted by Gasteiger charge is 2.67. The van der Waals surface area contributed by atoms with Crippen LogP contribution in [0.2, 0.25) is 0 Å². The fourth-order valence-electron chi connectivity index (χ4n) is 5.59. The van der Waals surface area contributed by atoms with Gasteiger partial charge in [0.1, 0.15) is 5.60 Å². The van der Waals surface area contributed by atoms with Gasteiger partial charge in [0.15, 0.2) is 0 Å². The Balaban J connectivity index is 1.37. The predicted molar refractivity (Wildman–Crippen MR) is 114 cm³/mol. The topological polar surface area (TPSA) is 53.1 Å². The number of hydrogen-bond acceptors (Lipinski definition) is 4. The maximum absolute atomic E-state index is 13.5. The van der Waals surface area contributed by atoms with Crippen molar-refractivity contribution in [1.29, 1.82) is 0 Å². The van der Waals surface area contributed by atoms with E-state index in [-0.39, 0.29) is 17.9 Å². The molecule has 0 saturated carbocycles. The van der Waals surface area contributed by atoms with Crippen molar-refractivity contribution in [3.63, 3.8) is 0 Å². The first-order chi connectivity index (χ1) is 14.4. The number of fused-ring (bicyclic) bond motifs is 1. The molecule has 160 valence electrons. The SMILES string of the molecule is Cc1ccc(CN2C[C@]34C=C[C@H](O3)[C@H](C(=O)N3CCCN(C)CC3)[C@@H]4C2=O)cc1C. The van der Waals surface area contributed by atoms with E-state index in [9.17, 15) is 9.59 Å². The van der Waals surface area contributed by atoms with Gasteiger partial charge in [-0.3, -0.25) is 9.59 Å². The number of rotatable bonds is 3.